The van der Waals surface area contributed by atoms with Gasteiger partial charge in [0.05, 0.1) is 6.10 Å². The van der Waals surface area contributed by atoms with Crippen LogP contribution in [0.1, 0.15) is 74.5 Å². The van der Waals surface area contributed by atoms with Crippen molar-refractivity contribution in [2.45, 2.75) is 77.5 Å². The van der Waals surface area contributed by atoms with Crippen LogP contribution in [0.4, 0.5) is 0 Å². The van der Waals surface area contributed by atoms with Gasteiger partial charge in [0, 0.05) is 61.7 Å². The Morgan fingerprint density at radius 1 is 1.11 bits per heavy atom. The molecule has 0 saturated heterocycles. The van der Waals surface area contributed by atoms with Crippen LogP contribution >= 0.6 is 0 Å². The normalized spacial score (nSPS) is 18.5. The van der Waals surface area contributed by atoms with Crippen molar-refractivity contribution in [2.24, 2.45) is 0 Å². The molecular weight excluding hydrogens is 336 g/mol. The van der Waals surface area contributed by atoms with Crippen LogP contribution < -0.4 is 4.74 Å². The smallest absolute Gasteiger partial charge is 0.213 e. The van der Waals surface area contributed by atoms with Gasteiger partial charge in [-0.15, -0.1) is 0 Å². The maximum atomic E-state index is 5.63. The van der Waals surface area contributed by atoms with Gasteiger partial charge in [-0.05, 0) is 32.3 Å². The van der Waals surface area contributed by atoms with Crippen molar-refractivity contribution in [1.29, 1.82) is 0 Å². The predicted molar refractivity (Wildman–Crippen MR) is 106 cm³/mol. The second-order valence-corrected chi connectivity index (χ2v) is 8.17. The lowest BCUT2D eigenvalue weighted by Crippen LogP contribution is -2.31. The molecular formula is C22H30N4O. The molecule has 0 amide bonds. The van der Waals surface area contributed by atoms with Crippen molar-refractivity contribution in [3.8, 4) is 5.88 Å². The van der Waals surface area contributed by atoms with E-state index < -0.39 is 0 Å². The van der Waals surface area contributed by atoms with E-state index in [1.807, 2.05) is 26.1 Å². The van der Waals surface area contributed by atoms with Crippen LogP contribution in [-0.2, 0) is 19.5 Å². The molecule has 1 aliphatic heterocycles. The lowest BCUT2D eigenvalue weighted by atomic mass is 9.88. The van der Waals surface area contributed by atoms with Crippen molar-refractivity contribution in [3.63, 3.8) is 0 Å². The van der Waals surface area contributed by atoms with E-state index in [4.69, 9.17) is 14.7 Å². The van der Waals surface area contributed by atoms with E-state index in [0.717, 1.165) is 31.9 Å². The second kappa shape index (κ2) is 8.34. The minimum absolute atomic E-state index is 0.153. The Labute approximate surface area is 162 Å². The van der Waals surface area contributed by atoms with Crippen LogP contribution in [0, 0.1) is 0 Å². The van der Waals surface area contributed by atoms with Gasteiger partial charge < -0.3 is 4.74 Å². The van der Waals surface area contributed by atoms with Gasteiger partial charge in [-0.25, -0.2) is 15.0 Å². The molecule has 5 heteroatoms. The Hall–Kier alpha value is -2.01. The van der Waals surface area contributed by atoms with Crippen LogP contribution in [0.5, 0.6) is 5.88 Å². The first-order valence-electron chi connectivity index (χ1n) is 10.4. The molecule has 0 spiro atoms. The highest BCUT2D eigenvalue weighted by molar-refractivity contribution is 5.23. The molecule has 27 heavy (non-hydrogen) atoms. The Bertz CT molecular complexity index is 753. The molecule has 2 aromatic heterocycles. The average Bonchev–Trinajstić information content (AvgIpc) is 2.69. The summed E-state index contributed by atoms with van der Waals surface area (Å²) in [5.74, 6) is 2.37. The molecule has 0 N–H and O–H groups in total. The average molecular weight is 367 g/mol. The van der Waals surface area contributed by atoms with Gasteiger partial charge in [0.25, 0.3) is 0 Å². The quantitative estimate of drug-likeness (QED) is 0.791. The summed E-state index contributed by atoms with van der Waals surface area (Å²) in [6.07, 6.45) is 11.7. The van der Waals surface area contributed by atoms with Gasteiger partial charge in [-0.1, -0.05) is 25.3 Å². The zero-order valence-corrected chi connectivity index (χ0v) is 16.5. The van der Waals surface area contributed by atoms with E-state index in [1.165, 1.54) is 48.9 Å². The minimum Gasteiger partial charge on any atom is -0.475 e. The first kappa shape index (κ1) is 18.4. The van der Waals surface area contributed by atoms with E-state index in [2.05, 4.69) is 22.1 Å². The fourth-order valence-corrected chi connectivity index (χ4v) is 4.16. The summed E-state index contributed by atoms with van der Waals surface area (Å²) in [7, 11) is 0. The molecule has 2 aliphatic rings. The van der Waals surface area contributed by atoms with Crippen LogP contribution in [0.15, 0.2) is 24.5 Å². The molecule has 2 aromatic rings. The lowest BCUT2D eigenvalue weighted by molar-refractivity contribution is 0.230. The van der Waals surface area contributed by atoms with Gasteiger partial charge in [0.1, 0.15) is 5.82 Å². The number of pyridine rings is 1. The number of nitrogens with zero attached hydrogens (tertiary/aromatic N) is 4. The Balaban J connectivity index is 1.38. The van der Waals surface area contributed by atoms with Crippen molar-refractivity contribution in [3.05, 3.63) is 47.2 Å². The van der Waals surface area contributed by atoms with E-state index in [-0.39, 0.29) is 6.10 Å². The third-order valence-electron chi connectivity index (χ3n) is 5.56. The summed E-state index contributed by atoms with van der Waals surface area (Å²) in [6.45, 7) is 6.90. The molecule has 4 rings (SSSR count). The highest BCUT2D eigenvalue weighted by Crippen LogP contribution is 2.31. The number of aromatic nitrogens is 3. The van der Waals surface area contributed by atoms with Crippen molar-refractivity contribution >= 4 is 0 Å². The predicted octanol–water partition coefficient (Wildman–Crippen LogP) is 4.26. The van der Waals surface area contributed by atoms with E-state index in [9.17, 15) is 0 Å². The summed E-state index contributed by atoms with van der Waals surface area (Å²) in [6, 6.07) is 4.08. The maximum absolute atomic E-state index is 5.63. The first-order chi connectivity index (χ1) is 13.2. The number of hydrogen-bond acceptors (Lipinski definition) is 5. The SMILES string of the molecule is CC(C)Oc1ccc(CN2CCc3nc(C4CCCCC4)ncc3C2)cn1. The topological polar surface area (TPSA) is 51.1 Å². The summed E-state index contributed by atoms with van der Waals surface area (Å²) in [5, 5.41) is 0. The fraction of sp³-hybridized carbons (Fsp3) is 0.591. The monoisotopic (exact) mass is 366 g/mol. The number of fused-ring (bicyclic) bond motifs is 1. The summed E-state index contributed by atoms with van der Waals surface area (Å²) in [5.41, 5.74) is 3.77. The van der Waals surface area contributed by atoms with Gasteiger partial charge in [-0.2, -0.15) is 0 Å². The summed E-state index contributed by atoms with van der Waals surface area (Å²) >= 11 is 0. The molecule has 5 nitrogen and oxygen atoms in total. The first-order valence-corrected chi connectivity index (χ1v) is 10.4. The second-order valence-electron chi connectivity index (χ2n) is 8.17. The third-order valence-corrected chi connectivity index (χ3v) is 5.56. The standard InChI is InChI=1S/C22H30N4O/c1-16(2)27-21-9-8-17(12-23-21)14-26-11-10-20-19(15-26)13-24-22(25-20)18-6-4-3-5-7-18/h8-9,12-13,16,18H,3-7,10-11,14-15H2,1-2H3. The molecule has 0 atom stereocenters. The number of ether oxygens (including phenoxy) is 1. The van der Waals surface area contributed by atoms with E-state index in [1.54, 1.807) is 0 Å². The maximum Gasteiger partial charge on any atom is 0.213 e. The highest BCUT2D eigenvalue weighted by atomic mass is 16.5. The molecule has 0 unspecified atom stereocenters. The summed E-state index contributed by atoms with van der Waals surface area (Å²) in [4.78, 5) is 16.5. The zero-order chi connectivity index (χ0) is 18.6. The number of rotatable bonds is 5. The molecule has 0 aromatic carbocycles. The fourth-order valence-electron chi connectivity index (χ4n) is 4.16. The largest absolute Gasteiger partial charge is 0.475 e. The van der Waals surface area contributed by atoms with Gasteiger partial charge in [-0.3, -0.25) is 4.90 Å². The van der Waals surface area contributed by atoms with Crippen LogP contribution in [0.3, 0.4) is 0 Å². The van der Waals surface area contributed by atoms with Crippen molar-refractivity contribution in [2.75, 3.05) is 6.54 Å². The van der Waals surface area contributed by atoms with Gasteiger partial charge in [0.15, 0.2) is 0 Å². The van der Waals surface area contributed by atoms with Crippen LogP contribution in [0.2, 0.25) is 0 Å². The third kappa shape index (κ3) is 4.64. The summed E-state index contributed by atoms with van der Waals surface area (Å²) < 4.78 is 5.63. The highest BCUT2D eigenvalue weighted by Gasteiger charge is 2.22. The molecule has 0 radical (unpaired) electrons. The Morgan fingerprint density at radius 3 is 2.70 bits per heavy atom. The molecule has 0 bridgehead atoms. The molecule has 1 fully saturated rings. The Kier molecular flexibility index (Phi) is 5.67. The van der Waals surface area contributed by atoms with Crippen LogP contribution in [-0.4, -0.2) is 32.5 Å². The lowest BCUT2D eigenvalue weighted by Gasteiger charge is -2.29. The Morgan fingerprint density at radius 2 is 1.96 bits per heavy atom. The van der Waals surface area contributed by atoms with Gasteiger partial charge in [0.2, 0.25) is 5.88 Å². The van der Waals surface area contributed by atoms with Crippen molar-refractivity contribution < 1.29 is 4.74 Å². The minimum atomic E-state index is 0.153. The number of hydrogen-bond donors (Lipinski definition) is 0. The molecule has 3 heterocycles. The zero-order valence-electron chi connectivity index (χ0n) is 16.5. The van der Waals surface area contributed by atoms with E-state index in [0.29, 0.717) is 11.8 Å². The molecule has 1 aliphatic carbocycles. The molecule has 1 saturated carbocycles. The van der Waals surface area contributed by atoms with Gasteiger partial charge >= 0.3 is 0 Å². The van der Waals surface area contributed by atoms with Crippen molar-refractivity contribution in [1.82, 2.24) is 19.9 Å². The molecule has 144 valence electrons. The van der Waals surface area contributed by atoms with E-state index >= 15 is 0 Å². The van der Waals surface area contributed by atoms with Crippen LogP contribution in [0.25, 0.3) is 0 Å².